The third-order valence-electron chi connectivity index (χ3n) is 3.60. The Balaban J connectivity index is 2.09. The molecular weight excluding hydrogens is 495 g/mol. The number of phosphoric acid groups is 2. The molecule has 1 aromatic rings. The molecule has 16 nitrogen and oxygen atoms in total. The van der Waals surface area contributed by atoms with Crippen LogP contribution in [0.2, 0.25) is 0 Å². The first-order chi connectivity index (χ1) is 13.5. The van der Waals surface area contributed by atoms with Crippen LogP contribution in [0.3, 0.4) is 0 Å². The van der Waals surface area contributed by atoms with Crippen molar-refractivity contribution < 1.29 is 56.8 Å². The maximum absolute atomic E-state index is 12.0. The predicted molar refractivity (Wildman–Crippen MR) is 100 cm³/mol. The van der Waals surface area contributed by atoms with Gasteiger partial charge in [-0.1, -0.05) is 0 Å². The van der Waals surface area contributed by atoms with E-state index in [1.165, 1.54) is 13.1 Å². The Labute approximate surface area is 172 Å². The van der Waals surface area contributed by atoms with Gasteiger partial charge >= 0.3 is 28.1 Å². The van der Waals surface area contributed by atoms with E-state index in [2.05, 4.69) is 29.9 Å². The van der Waals surface area contributed by atoms with E-state index in [1.54, 1.807) is 0 Å². The van der Waals surface area contributed by atoms with Crippen LogP contribution < -0.4 is 11.4 Å². The number of nitrogen functional groups attached to an aromatic ring is 1. The summed E-state index contributed by atoms with van der Waals surface area (Å²) in [5, 5.41) is 20.2. The Hall–Kier alpha value is -0.610. The lowest BCUT2D eigenvalue weighted by atomic mass is 10.1. The van der Waals surface area contributed by atoms with Gasteiger partial charge in [-0.15, -0.1) is 0 Å². The molecule has 1 saturated heterocycles. The standard InChI is InChI=1S/C10H18N3O13P3S/c1-4-2-13(10(16)12-8(4)11)9-7(15)6(14)5(24-9)3-23-28(20,21)26-29(22,30)25-27(17,18)19/h2,5-7,9,14-15H,3H2,1H3,(H,20,21)(H,22,30)(H2,11,12,16)(H2,17,18,19)/t5-,6-,7-,9-,29?/m1/s1. The Morgan fingerprint density at radius 3 is 2.40 bits per heavy atom. The second-order valence-corrected chi connectivity index (χ2v) is 11.7. The molecule has 0 amide bonds. The van der Waals surface area contributed by atoms with Gasteiger partial charge in [-0.2, -0.15) is 4.98 Å². The van der Waals surface area contributed by atoms with Gasteiger partial charge < -0.3 is 40.3 Å². The predicted octanol–water partition coefficient (Wildman–Crippen LogP) is -1.79. The maximum atomic E-state index is 12.0. The summed E-state index contributed by atoms with van der Waals surface area (Å²) in [4.78, 5) is 51.7. The average molecular weight is 513 g/mol. The summed E-state index contributed by atoms with van der Waals surface area (Å²) in [6, 6.07) is 0. The van der Waals surface area contributed by atoms with Gasteiger partial charge in [-0.3, -0.25) is 9.09 Å². The highest BCUT2D eigenvalue weighted by molar-refractivity contribution is 8.09. The zero-order valence-electron chi connectivity index (χ0n) is 14.9. The van der Waals surface area contributed by atoms with Crippen molar-refractivity contribution in [1.29, 1.82) is 0 Å². The minimum absolute atomic E-state index is 0.0557. The van der Waals surface area contributed by atoms with Crippen molar-refractivity contribution in [3.05, 3.63) is 22.2 Å². The molecule has 172 valence electrons. The van der Waals surface area contributed by atoms with Crippen LogP contribution >= 0.6 is 22.4 Å². The zero-order valence-corrected chi connectivity index (χ0v) is 18.4. The highest BCUT2D eigenvalue weighted by atomic mass is 32.5. The summed E-state index contributed by atoms with van der Waals surface area (Å²) in [6.07, 6.45) is -5.09. The second-order valence-electron chi connectivity index (χ2n) is 5.93. The van der Waals surface area contributed by atoms with Crippen molar-refractivity contribution in [2.75, 3.05) is 12.3 Å². The molecule has 0 aromatic carbocycles. The van der Waals surface area contributed by atoms with Gasteiger partial charge in [-0.25, -0.2) is 22.5 Å². The number of aryl methyl sites for hydroxylation is 1. The van der Waals surface area contributed by atoms with Crippen LogP contribution in [0, 0.1) is 6.92 Å². The number of anilines is 1. The van der Waals surface area contributed by atoms with Crippen molar-refractivity contribution >= 4 is 40.0 Å². The molecule has 6 atom stereocenters. The SMILES string of the molecule is Cc1cn([C@@H]2O[C@H](COP(=O)(O)OP(O)(=S)OP(=O)(O)O)[C@@H](O)[C@H]2O)c(=O)nc1N. The van der Waals surface area contributed by atoms with Gasteiger partial charge in [0, 0.05) is 11.8 Å². The molecule has 0 saturated carbocycles. The largest absolute Gasteiger partial charge is 0.479 e. The van der Waals surface area contributed by atoms with Gasteiger partial charge in [0.05, 0.1) is 6.61 Å². The number of nitrogens with two attached hydrogens (primary N) is 1. The lowest BCUT2D eigenvalue weighted by molar-refractivity contribution is -0.0541. The van der Waals surface area contributed by atoms with Gasteiger partial charge in [0.2, 0.25) is 0 Å². The van der Waals surface area contributed by atoms with Crippen molar-refractivity contribution in [2.45, 2.75) is 31.5 Å². The number of hydrogen-bond donors (Lipinski definition) is 7. The Bertz CT molecular complexity index is 997. The number of nitrogens with zero attached hydrogens (tertiary/aromatic N) is 2. The van der Waals surface area contributed by atoms with Crippen LogP contribution in [0.25, 0.3) is 0 Å². The summed E-state index contributed by atoms with van der Waals surface area (Å²) in [7, 11) is -10.6. The fraction of sp³-hybridized carbons (Fsp3) is 0.600. The fourth-order valence-electron chi connectivity index (χ4n) is 2.33. The van der Waals surface area contributed by atoms with E-state index >= 15 is 0 Å². The van der Waals surface area contributed by atoms with Crippen LogP contribution in [0.4, 0.5) is 5.82 Å². The van der Waals surface area contributed by atoms with Gasteiger partial charge in [0.15, 0.2) is 6.23 Å². The molecule has 1 aliphatic rings. The molecule has 1 aromatic heterocycles. The molecule has 0 bridgehead atoms. The third-order valence-corrected chi connectivity index (χ3v) is 8.61. The molecule has 0 aliphatic carbocycles. The molecule has 2 heterocycles. The lowest BCUT2D eigenvalue weighted by Crippen LogP contribution is -2.36. The highest BCUT2D eigenvalue weighted by Gasteiger charge is 2.46. The van der Waals surface area contributed by atoms with Crippen molar-refractivity contribution in [1.82, 2.24) is 9.55 Å². The fourth-order valence-corrected chi connectivity index (χ4v) is 6.90. The molecular formula is C10H18N3O13P3S. The number of rotatable bonds is 8. The molecule has 0 radical (unpaired) electrons. The average Bonchev–Trinajstić information content (AvgIpc) is 2.81. The summed E-state index contributed by atoms with van der Waals surface area (Å²) >= 11 is 4.19. The van der Waals surface area contributed by atoms with E-state index in [0.29, 0.717) is 5.56 Å². The van der Waals surface area contributed by atoms with Crippen LogP contribution in [-0.2, 0) is 38.8 Å². The van der Waals surface area contributed by atoms with E-state index < -0.39 is 59.2 Å². The number of hydrogen-bond acceptors (Lipinski definition) is 12. The Morgan fingerprint density at radius 2 is 1.83 bits per heavy atom. The summed E-state index contributed by atoms with van der Waals surface area (Å²) in [5.74, 6) is -0.0557. The van der Waals surface area contributed by atoms with Crippen LogP contribution in [0.5, 0.6) is 0 Å². The van der Waals surface area contributed by atoms with Gasteiger partial charge in [0.25, 0.3) is 0 Å². The highest BCUT2D eigenvalue weighted by Crippen LogP contribution is 2.66. The number of phosphoric ester groups is 1. The molecule has 2 unspecified atom stereocenters. The monoisotopic (exact) mass is 513 g/mol. The van der Waals surface area contributed by atoms with Gasteiger partial charge in [-0.05, 0) is 18.7 Å². The van der Waals surface area contributed by atoms with Crippen LogP contribution in [-0.4, -0.2) is 64.3 Å². The van der Waals surface area contributed by atoms with Crippen LogP contribution in [0.1, 0.15) is 11.8 Å². The first-order valence-electron chi connectivity index (χ1n) is 7.66. The maximum Gasteiger partial charge on any atom is 0.479 e. The second kappa shape index (κ2) is 9.10. The Morgan fingerprint density at radius 1 is 1.23 bits per heavy atom. The normalized spacial score (nSPS) is 28.8. The number of aliphatic hydroxyl groups excluding tert-OH is 2. The minimum Gasteiger partial charge on any atom is -0.387 e. The number of aliphatic hydroxyl groups is 2. The van der Waals surface area contributed by atoms with Crippen LogP contribution in [0.15, 0.2) is 11.0 Å². The van der Waals surface area contributed by atoms with E-state index in [9.17, 15) is 33.9 Å². The van der Waals surface area contributed by atoms with Crippen molar-refractivity contribution in [3.63, 3.8) is 0 Å². The topological polar surface area (TPSA) is 253 Å². The summed E-state index contributed by atoms with van der Waals surface area (Å²) in [5.41, 5.74) is 4.97. The third kappa shape index (κ3) is 6.69. The van der Waals surface area contributed by atoms with Crippen molar-refractivity contribution in [2.24, 2.45) is 0 Å². The number of ether oxygens (including phenoxy) is 1. The molecule has 2 rings (SSSR count). The lowest BCUT2D eigenvalue weighted by Gasteiger charge is -2.21. The molecule has 20 heteroatoms. The quantitative estimate of drug-likeness (QED) is 0.190. The first kappa shape index (κ1) is 25.6. The minimum atomic E-state index is -5.35. The van der Waals surface area contributed by atoms with Gasteiger partial charge in [0.1, 0.15) is 24.1 Å². The molecule has 30 heavy (non-hydrogen) atoms. The van der Waals surface area contributed by atoms with E-state index in [0.717, 1.165) is 4.57 Å². The van der Waals surface area contributed by atoms with Crippen molar-refractivity contribution in [3.8, 4) is 0 Å². The molecule has 8 N–H and O–H groups in total. The molecule has 1 fully saturated rings. The smallest absolute Gasteiger partial charge is 0.387 e. The molecule has 1 aliphatic heterocycles. The summed E-state index contributed by atoms with van der Waals surface area (Å²) in [6.45, 7) is -4.29. The zero-order chi connectivity index (χ0) is 23.1. The first-order valence-corrected chi connectivity index (χ1v) is 13.3. The number of aromatic nitrogens is 2. The van der Waals surface area contributed by atoms with E-state index in [1.807, 2.05) is 0 Å². The Kier molecular flexibility index (Phi) is 7.78. The molecule has 0 spiro atoms. The summed E-state index contributed by atoms with van der Waals surface area (Å²) < 4.78 is 40.9. The van der Waals surface area contributed by atoms with E-state index in [4.69, 9.17) is 20.3 Å². The van der Waals surface area contributed by atoms with E-state index in [-0.39, 0.29) is 5.82 Å².